The van der Waals surface area contributed by atoms with Crippen LogP contribution >= 0.6 is 8.43 Å². The summed E-state index contributed by atoms with van der Waals surface area (Å²) in [6.45, 7) is 5.07. The van der Waals surface area contributed by atoms with Crippen molar-refractivity contribution in [1.29, 1.82) is 0 Å². The Balaban J connectivity index is 3.36. The van der Waals surface area contributed by atoms with Gasteiger partial charge in [-0.3, -0.25) is 0 Å². The lowest BCUT2D eigenvalue weighted by molar-refractivity contribution is 0.284. The van der Waals surface area contributed by atoms with Crippen molar-refractivity contribution in [3.63, 3.8) is 0 Å². The van der Waals surface area contributed by atoms with Crippen molar-refractivity contribution in [2.45, 2.75) is 25.8 Å². The molecule has 1 N–H and O–H groups in total. The van der Waals surface area contributed by atoms with Gasteiger partial charge in [0.25, 0.3) is 0 Å². The minimum Gasteiger partial charge on any atom is -0.327 e. The molecule has 0 fully saturated rings. The molecule has 0 aromatic heterocycles. The van der Waals surface area contributed by atoms with Crippen LogP contribution in [-0.2, 0) is 4.52 Å². The molecule has 0 unspecified atom stereocenters. The number of nitrogens with one attached hydrogen (secondary N) is 1. The van der Waals surface area contributed by atoms with Crippen LogP contribution in [0.5, 0.6) is 0 Å². The summed E-state index contributed by atoms with van der Waals surface area (Å²) < 4.78 is 5.09. The normalized spacial score (nSPS) is 12.3. The van der Waals surface area contributed by atoms with Crippen LogP contribution in [0.1, 0.15) is 20.3 Å². The molecular formula is C7H16NOP. The first kappa shape index (κ1) is 10.1. The van der Waals surface area contributed by atoms with Crippen LogP contribution < -0.4 is 5.32 Å². The molecule has 0 aliphatic carbocycles. The van der Waals surface area contributed by atoms with Crippen molar-refractivity contribution in [3.8, 4) is 0 Å². The molecule has 0 radical (unpaired) electrons. The van der Waals surface area contributed by atoms with Crippen molar-refractivity contribution in [1.82, 2.24) is 5.32 Å². The minimum absolute atomic E-state index is 0.185. The van der Waals surface area contributed by atoms with E-state index in [4.69, 9.17) is 4.52 Å². The summed E-state index contributed by atoms with van der Waals surface area (Å²) in [6.07, 6.45) is 4.58. The Morgan fingerprint density at radius 1 is 1.60 bits per heavy atom. The van der Waals surface area contributed by atoms with Gasteiger partial charge in [-0.05, 0) is 33.6 Å². The van der Waals surface area contributed by atoms with Gasteiger partial charge in [-0.2, -0.15) is 0 Å². The van der Waals surface area contributed by atoms with E-state index in [2.05, 4.69) is 25.5 Å². The Morgan fingerprint density at radius 2 is 2.20 bits per heavy atom. The second kappa shape index (κ2) is 4.84. The van der Waals surface area contributed by atoms with Crippen LogP contribution in [0.2, 0.25) is 0 Å². The molecule has 0 aliphatic heterocycles. The summed E-state index contributed by atoms with van der Waals surface area (Å²) in [5, 5.41) is 3.20. The van der Waals surface area contributed by atoms with Crippen LogP contribution in [0.3, 0.4) is 0 Å². The van der Waals surface area contributed by atoms with E-state index in [9.17, 15) is 0 Å². The third kappa shape index (κ3) is 4.92. The van der Waals surface area contributed by atoms with E-state index in [1.54, 1.807) is 0 Å². The average molecular weight is 161 g/mol. The van der Waals surface area contributed by atoms with Gasteiger partial charge in [0.05, 0.1) is 6.61 Å². The Kier molecular flexibility index (Phi) is 4.88. The van der Waals surface area contributed by atoms with E-state index in [0.29, 0.717) is 0 Å². The van der Waals surface area contributed by atoms with E-state index >= 15 is 0 Å². The summed E-state index contributed by atoms with van der Waals surface area (Å²) >= 11 is 0. The van der Waals surface area contributed by atoms with Crippen LogP contribution in [0.15, 0.2) is 0 Å². The molecule has 10 heavy (non-hydrogen) atoms. The van der Waals surface area contributed by atoms with Gasteiger partial charge in [0.15, 0.2) is 0 Å². The lowest BCUT2D eigenvalue weighted by Gasteiger charge is -2.22. The average Bonchev–Trinajstić information content (AvgIpc) is 1.89. The standard InChI is InChI=1S/C7H16NOP/c1-7(2,8-3)5-6-9-10-4/h8H,4-6H2,1-3H3. The van der Waals surface area contributed by atoms with Gasteiger partial charge in [-0.25, -0.2) is 0 Å². The van der Waals surface area contributed by atoms with Crippen molar-refractivity contribution < 1.29 is 4.52 Å². The second-order valence-electron chi connectivity index (χ2n) is 2.85. The van der Waals surface area contributed by atoms with Crippen molar-refractivity contribution in [3.05, 3.63) is 0 Å². The Morgan fingerprint density at radius 3 is 2.60 bits per heavy atom. The molecule has 0 saturated carbocycles. The molecule has 0 bridgehead atoms. The zero-order valence-corrected chi connectivity index (χ0v) is 7.87. The van der Waals surface area contributed by atoms with Crippen molar-refractivity contribution in [2.75, 3.05) is 13.7 Å². The molecule has 3 heteroatoms. The Bertz CT molecular complexity index is 104. The molecule has 0 aliphatic rings. The molecule has 0 aromatic carbocycles. The maximum absolute atomic E-state index is 5.09. The first-order valence-electron chi connectivity index (χ1n) is 3.39. The van der Waals surface area contributed by atoms with E-state index in [1.807, 2.05) is 7.05 Å². The summed E-state index contributed by atoms with van der Waals surface area (Å²) in [5.74, 6) is 0. The molecule has 60 valence electrons. The summed E-state index contributed by atoms with van der Waals surface area (Å²) in [7, 11) is 2.73. The molecule has 0 aromatic rings. The smallest absolute Gasteiger partial charge is 0.0592 e. The quantitative estimate of drug-likeness (QED) is 0.489. The monoisotopic (exact) mass is 161 g/mol. The zero-order valence-electron chi connectivity index (χ0n) is 6.98. The third-order valence-corrected chi connectivity index (χ3v) is 1.95. The first-order valence-corrected chi connectivity index (χ1v) is 4.39. The molecule has 0 amide bonds. The van der Waals surface area contributed by atoms with Gasteiger partial charge in [-0.15, -0.1) is 0 Å². The van der Waals surface area contributed by atoms with E-state index in [0.717, 1.165) is 21.5 Å². The maximum atomic E-state index is 5.09. The highest BCUT2D eigenvalue weighted by Crippen LogP contribution is 2.08. The summed E-state index contributed by atoms with van der Waals surface area (Å²) in [6, 6.07) is 0. The van der Waals surface area contributed by atoms with Gasteiger partial charge in [-0.1, -0.05) is 0 Å². The zero-order chi connectivity index (χ0) is 8.04. The van der Waals surface area contributed by atoms with Crippen LogP contribution in [-0.4, -0.2) is 25.5 Å². The van der Waals surface area contributed by atoms with Gasteiger partial charge >= 0.3 is 0 Å². The van der Waals surface area contributed by atoms with Crippen LogP contribution in [0.25, 0.3) is 0 Å². The molecular weight excluding hydrogens is 145 g/mol. The van der Waals surface area contributed by atoms with Gasteiger partial charge in [0.2, 0.25) is 0 Å². The molecule has 0 spiro atoms. The second-order valence-corrected chi connectivity index (χ2v) is 3.36. The molecule has 0 heterocycles. The number of hydrogen-bond acceptors (Lipinski definition) is 2. The Labute approximate surface area is 64.9 Å². The SMILES string of the molecule is C=POCCC(C)(C)NC. The topological polar surface area (TPSA) is 21.3 Å². The lowest BCUT2D eigenvalue weighted by atomic mass is 10.0. The van der Waals surface area contributed by atoms with Gasteiger partial charge in [0.1, 0.15) is 0 Å². The fraction of sp³-hybridized carbons (Fsp3) is 0.857. The van der Waals surface area contributed by atoms with E-state index < -0.39 is 0 Å². The largest absolute Gasteiger partial charge is 0.327 e. The van der Waals surface area contributed by atoms with Crippen LogP contribution in [0, 0.1) is 0 Å². The van der Waals surface area contributed by atoms with Gasteiger partial charge in [0, 0.05) is 14.0 Å². The fourth-order valence-electron chi connectivity index (χ4n) is 0.490. The number of rotatable bonds is 5. The third-order valence-electron chi connectivity index (χ3n) is 1.59. The fourth-order valence-corrected chi connectivity index (χ4v) is 0.711. The van der Waals surface area contributed by atoms with E-state index in [-0.39, 0.29) is 5.54 Å². The molecule has 2 nitrogen and oxygen atoms in total. The predicted molar refractivity (Wildman–Crippen MR) is 47.7 cm³/mol. The Hall–Kier alpha value is 0.0900. The minimum atomic E-state index is 0.185. The molecule has 0 atom stereocenters. The van der Waals surface area contributed by atoms with E-state index in [1.165, 1.54) is 0 Å². The predicted octanol–water partition coefficient (Wildman–Crippen LogP) is 1.68. The first-order chi connectivity index (χ1) is 4.62. The van der Waals surface area contributed by atoms with Crippen LogP contribution in [0.4, 0.5) is 0 Å². The summed E-state index contributed by atoms with van der Waals surface area (Å²) in [5.41, 5.74) is 0.185. The highest BCUT2D eigenvalue weighted by atomic mass is 31.1. The van der Waals surface area contributed by atoms with Crippen molar-refractivity contribution >= 4 is 14.7 Å². The van der Waals surface area contributed by atoms with Gasteiger partial charge < -0.3 is 9.84 Å². The number of hydrogen-bond donors (Lipinski definition) is 1. The lowest BCUT2D eigenvalue weighted by Crippen LogP contribution is -2.36. The highest BCUT2D eigenvalue weighted by molar-refractivity contribution is 7.30. The molecule has 0 rings (SSSR count). The molecule has 0 saturated heterocycles. The van der Waals surface area contributed by atoms with Crippen molar-refractivity contribution in [2.24, 2.45) is 0 Å². The maximum Gasteiger partial charge on any atom is 0.0592 e. The summed E-state index contributed by atoms with van der Waals surface area (Å²) in [4.78, 5) is 0. The highest BCUT2D eigenvalue weighted by Gasteiger charge is 2.12.